The molecule has 172 valence electrons. The van der Waals surface area contributed by atoms with Crippen molar-refractivity contribution in [2.75, 3.05) is 33.8 Å². The molecule has 8 heteroatoms. The van der Waals surface area contributed by atoms with Gasteiger partial charge in [0.15, 0.2) is 5.96 Å². The zero-order chi connectivity index (χ0) is 21.5. The van der Waals surface area contributed by atoms with Crippen molar-refractivity contribution in [1.29, 1.82) is 0 Å². The minimum absolute atomic E-state index is 0. The Morgan fingerprint density at radius 1 is 1.26 bits per heavy atom. The molecule has 0 radical (unpaired) electrons. The van der Waals surface area contributed by atoms with E-state index in [1.54, 1.807) is 7.11 Å². The zero-order valence-electron chi connectivity index (χ0n) is 19.3. The third-order valence-electron chi connectivity index (χ3n) is 5.79. The van der Waals surface area contributed by atoms with Crippen LogP contribution in [0.5, 0.6) is 5.75 Å². The summed E-state index contributed by atoms with van der Waals surface area (Å²) in [6.45, 7) is 9.16. The minimum Gasteiger partial charge on any atom is -0.497 e. The summed E-state index contributed by atoms with van der Waals surface area (Å²) in [6, 6.07) is 8.84. The summed E-state index contributed by atoms with van der Waals surface area (Å²) >= 11 is 0. The van der Waals surface area contributed by atoms with Crippen LogP contribution >= 0.6 is 24.0 Å². The lowest BCUT2D eigenvalue weighted by atomic mass is 9.85. The van der Waals surface area contributed by atoms with Crippen molar-refractivity contribution < 1.29 is 9.15 Å². The van der Waals surface area contributed by atoms with Crippen LogP contribution in [-0.4, -0.2) is 49.6 Å². The van der Waals surface area contributed by atoms with E-state index in [2.05, 4.69) is 51.6 Å². The first-order valence-corrected chi connectivity index (χ1v) is 10.8. The van der Waals surface area contributed by atoms with Crippen LogP contribution in [0.2, 0.25) is 0 Å². The highest BCUT2D eigenvalue weighted by molar-refractivity contribution is 14.0. The van der Waals surface area contributed by atoms with E-state index < -0.39 is 0 Å². The number of oxazole rings is 1. The summed E-state index contributed by atoms with van der Waals surface area (Å²) in [5.74, 6) is 3.69. The maximum absolute atomic E-state index is 5.65. The van der Waals surface area contributed by atoms with Gasteiger partial charge in [-0.1, -0.05) is 12.1 Å². The van der Waals surface area contributed by atoms with Gasteiger partial charge in [-0.25, -0.2) is 9.98 Å². The van der Waals surface area contributed by atoms with Crippen molar-refractivity contribution in [3.8, 4) is 5.75 Å². The number of guanidine groups is 1. The fraction of sp³-hybridized carbons (Fsp3) is 0.565. The number of nitrogens with zero attached hydrogens (tertiary/aromatic N) is 3. The van der Waals surface area contributed by atoms with Crippen LogP contribution in [0.25, 0.3) is 0 Å². The van der Waals surface area contributed by atoms with Crippen molar-refractivity contribution in [1.82, 2.24) is 20.5 Å². The molecule has 0 amide bonds. The summed E-state index contributed by atoms with van der Waals surface area (Å²) < 4.78 is 11.0. The monoisotopic (exact) mass is 541 g/mol. The van der Waals surface area contributed by atoms with Gasteiger partial charge in [0.25, 0.3) is 0 Å². The van der Waals surface area contributed by atoms with Crippen molar-refractivity contribution in [3.63, 3.8) is 0 Å². The molecule has 1 aliphatic rings. The first-order valence-electron chi connectivity index (χ1n) is 10.8. The number of piperidine rings is 1. The third-order valence-corrected chi connectivity index (χ3v) is 5.79. The van der Waals surface area contributed by atoms with Crippen LogP contribution in [0.1, 0.15) is 48.7 Å². The lowest BCUT2D eigenvalue weighted by molar-refractivity contribution is 0.122. The molecule has 31 heavy (non-hydrogen) atoms. The molecule has 2 aromatic rings. The number of rotatable bonds is 7. The standard InChI is InChI=1S/C23H35N5O2.HI/c1-6-24-23(26-15-21-27-16(2)17(3)30-21)25-14-19-8-7-13-28(4)22(19)18-9-11-20(29-5)12-10-18;/h9-12,19,22H,6-8,13-15H2,1-5H3,(H2,24,25,26);1H. The highest BCUT2D eigenvalue weighted by atomic mass is 127. The fourth-order valence-corrected chi connectivity index (χ4v) is 4.12. The number of nitrogens with one attached hydrogen (secondary N) is 2. The number of halogens is 1. The van der Waals surface area contributed by atoms with Gasteiger partial charge in [0.2, 0.25) is 5.89 Å². The Kier molecular flexibility index (Phi) is 10.1. The average molecular weight is 541 g/mol. The van der Waals surface area contributed by atoms with Crippen LogP contribution in [0.15, 0.2) is 33.7 Å². The van der Waals surface area contributed by atoms with Crippen molar-refractivity contribution in [2.45, 2.75) is 46.2 Å². The van der Waals surface area contributed by atoms with E-state index in [1.165, 1.54) is 18.4 Å². The lowest BCUT2D eigenvalue weighted by Gasteiger charge is -2.40. The lowest BCUT2D eigenvalue weighted by Crippen LogP contribution is -2.45. The van der Waals surface area contributed by atoms with Crippen LogP contribution in [-0.2, 0) is 6.54 Å². The van der Waals surface area contributed by atoms with Crippen molar-refractivity contribution in [3.05, 3.63) is 47.2 Å². The smallest absolute Gasteiger partial charge is 0.216 e. The second kappa shape index (κ2) is 12.3. The minimum atomic E-state index is 0. The Hall–Kier alpha value is -1.81. The van der Waals surface area contributed by atoms with Gasteiger partial charge < -0.3 is 19.8 Å². The molecule has 0 saturated carbocycles. The van der Waals surface area contributed by atoms with E-state index in [0.717, 1.165) is 42.8 Å². The van der Waals surface area contributed by atoms with E-state index in [1.807, 2.05) is 26.0 Å². The van der Waals surface area contributed by atoms with Gasteiger partial charge >= 0.3 is 0 Å². The Morgan fingerprint density at radius 2 is 2.00 bits per heavy atom. The predicted molar refractivity (Wildman–Crippen MR) is 135 cm³/mol. The molecule has 1 aliphatic heterocycles. The Morgan fingerprint density at radius 3 is 2.61 bits per heavy atom. The first kappa shape index (κ1) is 25.5. The Bertz CT molecular complexity index is 817. The molecule has 1 fully saturated rings. The highest BCUT2D eigenvalue weighted by Gasteiger charge is 2.30. The zero-order valence-corrected chi connectivity index (χ0v) is 21.6. The van der Waals surface area contributed by atoms with E-state index in [4.69, 9.17) is 9.15 Å². The maximum atomic E-state index is 5.65. The van der Waals surface area contributed by atoms with Gasteiger partial charge in [-0.15, -0.1) is 24.0 Å². The number of aryl methyl sites for hydroxylation is 2. The average Bonchev–Trinajstić information content (AvgIpc) is 3.07. The molecule has 1 saturated heterocycles. The van der Waals surface area contributed by atoms with E-state index in [0.29, 0.717) is 24.4 Å². The molecule has 0 spiro atoms. The maximum Gasteiger partial charge on any atom is 0.216 e. The summed E-state index contributed by atoms with van der Waals surface area (Å²) in [5, 5.41) is 6.88. The molecule has 1 aromatic carbocycles. The topological polar surface area (TPSA) is 74.9 Å². The molecule has 3 rings (SSSR count). The number of hydrogen-bond donors (Lipinski definition) is 2. The molecular formula is C23H36IN5O2. The quantitative estimate of drug-likeness (QED) is 0.313. The van der Waals surface area contributed by atoms with Crippen molar-refractivity contribution in [2.24, 2.45) is 10.9 Å². The number of likely N-dealkylation sites (tertiary alicyclic amines) is 1. The molecule has 2 unspecified atom stereocenters. The number of hydrogen-bond acceptors (Lipinski definition) is 5. The molecule has 2 N–H and O–H groups in total. The summed E-state index contributed by atoms with van der Waals surface area (Å²) in [7, 11) is 3.92. The Balaban J connectivity index is 0.00000341. The van der Waals surface area contributed by atoms with E-state index in [-0.39, 0.29) is 24.0 Å². The normalized spacial score (nSPS) is 19.6. The predicted octanol–water partition coefficient (Wildman–Crippen LogP) is 4.06. The molecule has 1 aromatic heterocycles. The number of aromatic nitrogens is 1. The van der Waals surface area contributed by atoms with Crippen LogP contribution < -0.4 is 15.4 Å². The second-order valence-electron chi connectivity index (χ2n) is 7.93. The molecule has 0 aliphatic carbocycles. The van der Waals surface area contributed by atoms with Crippen LogP contribution in [0, 0.1) is 19.8 Å². The highest BCUT2D eigenvalue weighted by Crippen LogP contribution is 2.35. The SMILES string of the molecule is CCNC(=NCc1nc(C)c(C)o1)NCC1CCCN(C)C1c1ccc(OC)cc1.I. The van der Waals surface area contributed by atoms with Gasteiger partial charge in [0, 0.05) is 19.1 Å². The number of methoxy groups -OCH3 is 1. The number of benzene rings is 1. The second-order valence-corrected chi connectivity index (χ2v) is 7.93. The summed E-state index contributed by atoms with van der Waals surface area (Å²) in [6.07, 6.45) is 2.39. The van der Waals surface area contributed by atoms with Gasteiger partial charge in [-0.05, 0) is 70.8 Å². The molecule has 2 atom stereocenters. The molecular weight excluding hydrogens is 505 g/mol. The van der Waals surface area contributed by atoms with Gasteiger partial charge in [0.05, 0.1) is 12.8 Å². The fourth-order valence-electron chi connectivity index (χ4n) is 4.12. The number of aliphatic imine (C=N–C) groups is 1. The third kappa shape index (κ3) is 6.83. The van der Waals surface area contributed by atoms with Crippen molar-refractivity contribution >= 4 is 29.9 Å². The Labute approximate surface area is 203 Å². The van der Waals surface area contributed by atoms with E-state index >= 15 is 0 Å². The van der Waals surface area contributed by atoms with Gasteiger partial charge in [0.1, 0.15) is 18.1 Å². The van der Waals surface area contributed by atoms with Crippen LogP contribution in [0.4, 0.5) is 0 Å². The molecule has 0 bridgehead atoms. The summed E-state index contributed by atoms with van der Waals surface area (Å²) in [4.78, 5) is 11.6. The first-order chi connectivity index (χ1) is 14.5. The molecule has 7 nitrogen and oxygen atoms in total. The molecule has 2 heterocycles. The summed E-state index contributed by atoms with van der Waals surface area (Å²) in [5.41, 5.74) is 2.25. The van der Waals surface area contributed by atoms with Gasteiger partial charge in [-0.3, -0.25) is 4.90 Å². The van der Waals surface area contributed by atoms with E-state index in [9.17, 15) is 0 Å². The van der Waals surface area contributed by atoms with Crippen LogP contribution in [0.3, 0.4) is 0 Å². The largest absolute Gasteiger partial charge is 0.497 e. The number of ether oxygens (including phenoxy) is 1. The van der Waals surface area contributed by atoms with Gasteiger partial charge in [-0.2, -0.15) is 0 Å².